The lowest BCUT2D eigenvalue weighted by Gasteiger charge is -2.30. The van der Waals surface area contributed by atoms with Crippen molar-refractivity contribution in [3.8, 4) is 11.3 Å². The van der Waals surface area contributed by atoms with Crippen molar-refractivity contribution in [2.45, 2.75) is 26.2 Å². The summed E-state index contributed by atoms with van der Waals surface area (Å²) in [6, 6.07) is 11.3. The Bertz CT molecular complexity index is 1310. The molecule has 0 atom stereocenters. The summed E-state index contributed by atoms with van der Waals surface area (Å²) in [5.41, 5.74) is 4.36. The van der Waals surface area contributed by atoms with Gasteiger partial charge < -0.3 is 25.1 Å². The van der Waals surface area contributed by atoms with Gasteiger partial charge in [-0.05, 0) is 62.6 Å². The number of hydrogen-bond donors (Lipinski definition) is 3. The van der Waals surface area contributed by atoms with Crippen molar-refractivity contribution in [2.24, 2.45) is 0 Å². The number of furan rings is 1. The third kappa shape index (κ3) is 4.76. The van der Waals surface area contributed by atoms with E-state index in [4.69, 9.17) is 9.52 Å². The van der Waals surface area contributed by atoms with Gasteiger partial charge in [-0.2, -0.15) is 0 Å². The van der Waals surface area contributed by atoms with Crippen molar-refractivity contribution in [1.82, 2.24) is 9.97 Å². The van der Waals surface area contributed by atoms with E-state index in [-0.39, 0.29) is 18.3 Å². The highest BCUT2D eigenvalue weighted by molar-refractivity contribution is 7.22. The summed E-state index contributed by atoms with van der Waals surface area (Å²) < 4.78 is 6.85. The van der Waals surface area contributed by atoms with Crippen LogP contribution in [0, 0.1) is 6.92 Å². The van der Waals surface area contributed by atoms with Crippen LogP contribution in [-0.4, -0.2) is 47.2 Å². The third-order valence-corrected chi connectivity index (χ3v) is 6.83. The molecule has 4 heterocycles. The van der Waals surface area contributed by atoms with Gasteiger partial charge >= 0.3 is 0 Å². The molecule has 0 unspecified atom stereocenters. The lowest BCUT2D eigenvalue weighted by Crippen LogP contribution is -2.30. The summed E-state index contributed by atoms with van der Waals surface area (Å²) in [5.74, 6) is 0.589. The molecule has 1 saturated heterocycles. The van der Waals surface area contributed by atoms with E-state index in [2.05, 4.69) is 25.5 Å². The van der Waals surface area contributed by atoms with Crippen LogP contribution in [0.5, 0.6) is 0 Å². The summed E-state index contributed by atoms with van der Waals surface area (Å²) in [4.78, 5) is 24.3. The van der Waals surface area contributed by atoms with Gasteiger partial charge in [-0.1, -0.05) is 11.3 Å². The van der Waals surface area contributed by atoms with Crippen molar-refractivity contribution in [1.29, 1.82) is 0 Å². The molecule has 1 fully saturated rings. The fourth-order valence-electron chi connectivity index (χ4n) is 4.20. The number of pyridine rings is 1. The molecule has 1 amide bonds. The Morgan fingerprint density at radius 3 is 2.82 bits per heavy atom. The molecule has 5 rings (SSSR count). The molecular formula is C25H27N5O3S. The van der Waals surface area contributed by atoms with Crippen LogP contribution in [-0.2, 0) is 0 Å². The first-order valence-corrected chi connectivity index (χ1v) is 12.3. The minimum Gasteiger partial charge on any atom is -0.451 e. The molecule has 4 aromatic rings. The molecular weight excluding hydrogens is 450 g/mol. The SMILES string of the molecule is Cc1cc(-c2ccc(C(=O)Nc3cc4sc(NCCO)nc4cc3N3CCCCC3)o2)ccn1. The lowest BCUT2D eigenvalue weighted by atomic mass is 10.1. The molecule has 0 bridgehead atoms. The standard InChI is InChI=1S/C25H27N5O3S/c1-16-13-17(7-8-26-16)21-5-6-22(33-21)24(32)28-18-15-23-19(29-25(34-23)27-9-12-31)14-20(18)30-10-3-2-4-11-30/h5-8,13-15,31H,2-4,9-12H2,1H3,(H,27,29)(H,28,32). The Kier molecular flexibility index (Phi) is 6.46. The zero-order valence-electron chi connectivity index (χ0n) is 19.0. The highest BCUT2D eigenvalue weighted by atomic mass is 32.1. The van der Waals surface area contributed by atoms with Gasteiger partial charge in [0, 0.05) is 37.1 Å². The van der Waals surface area contributed by atoms with Crippen molar-refractivity contribution >= 4 is 44.0 Å². The minimum atomic E-state index is -0.294. The molecule has 0 radical (unpaired) electrons. The second kappa shape index (κ2) is 9.82. The number of aliphatic hydroxyl groups is 1. The number of nitrogens with zero attached hydrogens (tertiary/aromatic N) is 3. The quantitative estimate of drug-likeness (QED) is 0.348. The van der Waals surface area contributed by atoms with E-state index >= 15 is 0 Å². The monoisotopic (exact) mass is 477 g/mol. The number of thiazole rings is 1. The number of piperidine rings is 1. The molecule has 1 aliphatic rings. The molecule has 0 spiro atoms. The minimum absolute atomic E-state index is 0.0421. The van der Waals surface area contributed by atoms with Crippen LogP contribution in [0.2, 0.25) is 0 Å². The van der Waals surface area contributed by atoms with Crippen LogP contribution in [0.15, 0.2) is 47.0 Å². The number of aromatic nitrogens is 2. The third-order valence-electron chi connectivity index (χ3n) is 5.85. The van der Waals surface area contributed by atoms with Crippen LogP contribution < -0.4 is 15.5 Å². The molecule has 3 N–H and O–H groups in total. The fraction of sp³-hybridized carbons (Fsp3) is 0.320. The number of carbonyl (C=O) groups excluding carboxylic acids is 1. The van der Waals surface area contributed by atoms with Crippen molar-refractivity contribution in [2.75, 3.05) is 41.8 Å². The number of rotatable bonds is 7. The van der Waals surface area contributed by atoms with Crippen molar-refractivity contribution in [3.05, 3.63) is 54.0 Å². The second-order valence-electron chi connectivity index (χ2n) is 8.36. The maximum absolute atomic E-state index is 13.2. The number of carbonyl (C=O) groups is 1. The average Bonchev–Trinajstić information content (AvgIpc) is 3.50. The topological polar surface area (TPSA) is 104 Å². The van der Waals surface area contributed by atoms with Gasteiger partial charge in [-0.3, -0.25) is 9.78 Å². The highest BCUT2D eigenvalue weighted by Gasteiger charge is 2.20. The normalized spacial score (nSPS) is 13.9. The Balaban J connectivity index is 1.44. The van der Waals surface area contributed by atoms with E-state index in [0.717, 1.165) is 63.9 Å². The van der Waals surface area contributed by atoms with Crippen LogP contribution >= 0.6 is 11.3 Å². The number of anilines is 3. The average molecular weight is 478 g/mol. The number of benzene rings is 1. The van der Waals surface area contributed by atoms with Gasteiger partial charge in [0.15, 0.2) is 10.9 Å². The highest BCUT2D eigenvalue weighted by Crippen LogP contribution is 2.37. The van der Waals surface area contributed by atoms with Gasteiger partial charge in [0.05, 0.1) is 28.2 Å². The smallest absolute Gasteiger partial charge is 0.291 e. The van der Waals surface area contributed by atoms with Crippen molar-refractivity contribution < 1.29 is 14.3 Å². The van der Waals surface area contributed by atoms with Gasteiger partial charge in [0.1, 0.15) is 5.76 Å². The molecule has 0 aliphatic carbocycles. The molecule has 176 valence electrons. The molecule has 0 saturated carbocycles. The van der Waals surface area contributed by atoms with E-state index in [1.165, 1.54) is 17.8 Å². The predicted octanol–water partition coefficient (Wildman–Crippen LogP) is 4.91. The Labute approximate surface area is 201 Å². The first-order chi connectivity index (χ1) is 16.6. The zero-order valence-corrected chi connectivity index (χ0v) is 19.8. The summed E-state index contributed by atoms with van der Waals surface area (Å²) in [7, 11) is 0. The number of aryl methyl sites for hydroxylation is 1. The van der Waals surface area contributed by atoms with Gasteiger partial charge in [0.2, 0.25) is 0 Å². The maximum Gasteiger partial charge on any atom is 0.291 e. The Hall–Kier alpha value is -3.43. The van der Waals surface area contributed by atoms with Crippen molar-refractivity contribution in [3.63, 3.8) is 0 Å². The molecule has 1 aromatic carbocycles. The number of aliphatic hydroxyl groups excluding tert-OH is 1. The van der Waals surface area contributed by atoms with E-state index < -0.39 is 0 Å². The number of amides is 1. The summed E-state index contributed by atoms with van der Waals surface area (Å²) in [5, 5.41) is 16.1. The number of nitrogens with one attached hydrogen (secondary N) is 2. The molecule has 1 aliphatic heterocycles. The van der Waals surface area contributed by atoms with Crippen LogP contribution in [0.1, 0.15) is 35.5 Å². The van der Waals surface area contributed by atoms with E-state index in [0.29, 0.717) is 12.3 Å². The zero-order chi connectivity index (χ0) is 23.5. The molecule has 34 heavy (non-hydrogen) atoms. The molecule has 3 aromatic heterocycles. The van der Waals surface area contributed by atoms with E-state index in [1.807, 2.05) is 31.2 Å². The number of fused-ring (bicyclic) bond motifs is 1. The van der Waals surface area contributed by atoms with Crippen LogP contribution in [0.3, 0.4) is 0 Å². The first kappa shape index (κ1) is 22.4. The molecule has 9 heteroatoms. The van der Waals surface area contributed by atoms with Gasteiger partial charge in [0.25, 0.3) is 5.91 Å². The van der Waals surface area contributed by atoms with Crippen LogP contribution in [0.4, 0.5) is 16.5 Å². The first-order valence-electron chi connectivity index (χ1n) is 11.5. The summed E-state index contributed by atoms with van der Waals surface area (Å²) in [6.07, 6.45) is 5.19. The summed E-state index contributed by atoms with van der Waals surface area (Å²) >= 11 is 1.50. The van der Waals surface area contributed by atoms with Gasteiger partial charge in [-0.25, -0.2) is 4.98 Å². The van der Waals surface area contributed by atoms with E-state index in [9.17, 15) is 4.79 Å². The Morgan fingerprint density at radius 2 is 2.03 bits per heavy atom. The largest absolute Gasteiger partial charge is 0.451 e. The van der Waals surface area contributed by atoms with E-state index in [1.54, 1.807) is 18.3 Å². The lowest BCUT2D eigenvalue weighted by molar-refractivity contribution is 0.0997. The summed E-state index contributed by atoms with van der Waals surface area (Å²) in [6.45, 7) is 4.30. The second-order valence-corrected chi connectivity index (χ2v) is 9.39. The maximum atomic E-state index is 13.2. The molecule has 8 nitrogen and oxygen atoms in total. The Morgan fingerprint density at radius 1 is 1.18 bits per heavy atom. The fourth-order valence-corrected chi connectivity index (χ4v) is 5.11. The number of hydrogen-bond acceptors (Lipinski definition) is 8. The van der Waals surface area contributed by atoms with Gasteiger partial charge in [-0.15, -0.1) is 0 Å². The predicted molar refractivity (Wildman–Crippen MR) is 136 cm³/mol. The van der Waals surface area contributed by atoms with Crippen LogP contribution in [0.25, 0.3) is 21.5 Å².